The first kappa shape index (κ1) is 19.2. The number of alkyl carbamates (subject to hydrolysis) is 1. The lowest BCUT2D eigenvalue weighted by Gasteiger charge is -2.45. The van der Waals surface area contributed by atoms with E-state index in [1.54, 1.807) is 27.7 Å². The van der Waals surface area contributed by atoms with Crippen LogP contribution in [0.5, 0.6) is 0 Å². The van der Waals surface area contributed by atoms with Crippen molar-refractivity contribution in [3.63, 3.8) is 0 Å². The van der Waals surface area contributed by atoms with Crippen molar-refractivity contribution in [2.24, 2.45) is 0 Å². The first-order valence-corrected chi connectivity index (χ1v) is 8.58. The minimum Gasteiger partial charge on any atom is -0.464 e. The molecule has 0 heterocycles. The summed E-state index contributed by atoms with van der Waals surface area (Å²) >= 11 is 0. The van der Waals surface area contributed by atoms with Crippen LogP contribution in [0.1, 0.15) is 46.1 Å². The molecule has 2 rings (SSSR count). The number of ether oxygens (including phenoxy) is 3. The SMILES string of the molecule is CCOC(=O)[C@]1(NC(=O)OC(C)(C)C)C[C@@H](OCc2ccccc2)C1. The maximum absolute atomic E-state index is 12.3. The van der Waals surface area contributed by atoms with Gasteiger partial charge in [0.2, 0.25) is 0 Å². The molecule has 0 bridgehead atoms. The number of amides is 1. The molecule has 1 aliphatic carbocycles. The number of esters is 1. The van der Waals surface area contributed by atoms with Crippen LogP contribution in [0.3, 0.4) is 0 Å². The third-order valence-electron chi connectivity index (χ3n) is 3.89. The fourth-order valence-electron chi connectivity index (χ4n) is 2.71. The predicted octanol–water partition coefficient (Wildman–Crippen LogP) is 3.19. The smallest absolute Gasteiger partial charge is 0.408 e. The van der Waals surface area contributed by atoms with Crippen molar-refractivity contribution in [3.8, 4) is 0 Å². The molecule has 0 radical (unpaired) electrons. The van der Waals surface area contributed by atoms with E-state index in [-0.39, 0.29) is 12.7 Å². The third kappa shape index (κ3) is 5.46. The van der Waals surface area contributed by atoms with Gasteiger partial charge in [0.15, 0.2) is 0 Å². The first-order valence-electron chi connectivity index (χ1n) is 8.58. The highest BCUT2D eigenvalue weighted by Crippen LogP contribution is 2.36. The first-order chi connectivity index (χ1) is 11.7. The minimum absolute atomic E-state index is 0.112. The van der Waals surface area contributed by atoms with Gasteiger partial charge in [-0.1, -0.05) is 30.3 Å². The van der Waals surface area contributed by atoms with E-state index in [9.17, 15) is 9.59 Å². The monoisotopic (exact) mass is 349 g/mol. The lowest BCUT2D eigenvalue weighted by molar-refractivity contribution is -0.164. The summed E-state index contributed by atoms with van der Waals surface area (Å²) in [7, 11) is 0. The zero-order valence-corrected chi connectivity index (χ0v) is 15.3. The highest BCUT2D eigenvalue weighted by Gasteiger charge is 2.53. The van der Waals surface area contributed by atoms with Crippen LogP contribution < -0.4 is 5.32 Å². The van der Waals surface area contributed by atoms with E-state index in [2.05, 4.69) is 5.32 Å². The molecule has 0 saturated heterocycles. The Bertz CT molecular complexity index is 588. The van der Waals surface area contributed by atoms with Gasteiger partial charge in [-0.15, -0.1) is 0 Å². The lowest BCUT2D eigenvalue weighted by atomic mass is 9.74. The Morgan fingerprint density at radius 1 is 1.20 bits per heavy atom. The molecule has 6 heteroatoms. The van der Waals surface area contributed by atoms with Gasteiger partial charge in [-0.05, 0) is 33.3 Å². The van der Waals surface area contributed by atoms with Crippen molar-refractivity contribution in [1.82, 2.24) is 5.32 Å². The average Bonchev–Trinajstić information content (AvgIpc) is 2.48. The number of nitrogens with one attached hydrogen (secondary N) is 1. The Labute approximate surface area is 148 Å². The molecule has 0 aromatic heterocycles. The number of carbonyl (C=O) groups is 2. The van der Waals surface area contributed by atoms with Gasteiger partial charge in [-0.2, -0.15) is 0 Å². The van der Waals surface area contributed by atoms with Crippen LogP contribution in [-0.2, 0) is 25.6 Å². The molecular formula is C19H27NO5. The summed E-state index contributed by atoms with van der Waals surface area (Å²) in [6, 6.07) is 9.81. The molecule has 1 fully saturated rings. The molecule has 0 unspecified atom stereocenters. The molecule has 0 spiro atoms. The van der Waals surface area contributed by atoms with Crippen molar-refractivity contribution in [2.75, 3.05) is 6.61 Å². The van der Waals surface area contributed by atoms with Gasteiger partial charge in [0.05, 0.1) is 19.3 Å². The molecule has 1 amide bonds. The molecular weight excluding hydrogens is 322 g/mol. The second-order valence-electron chi connectivity index (χ2n) is 7.26. The van der Waals surface area contributed by atoms with Gasteiger partial charge in [0, 0.05) is 12.8 Å². The van der Waals surface area contributed by atoms with Gasteiger partial charge in [-0.3, -0.25) is 0 Å². The van der Waals surface area contributed by atoms with E-state index in [0.29, 0.717) is 19.4 Å². The Hall–Kier alpha value is -2.08. The molecule has 1 aliphatic rings. The molecule has 1 aromatic rings. The van der Waals surface area contributed by atoms with E-state index >= 15 is 0 Å². The third-order valence-corrected chi connectivity index (χ3v) is 3.89. The summed E-state index contributed by atoms with van der Waals surface area (Å²) in [5.74, 6) is -0.444. The summed E-state index contributed by atoms with van der Waals surface area (Å²) in [5.41, 5.74) is -0.636. The lowest BCUT2D eigenvalue weighted by Crippen LogP contribution is -2.65. The molecule has 1 saturated carbocycles. The average molecular weight is 349 g/mol. The Kier molecular flexibility index (Phi) is 6.06. The van der Waals surface area contributed by atoms with Crippen LogP contribution in [0.25, 0.3) is 0 Å². The highest BCUT2D eigenvalue weighted by atomic mass is 16.6. The summed E-state index contributed by atoms with van der Waals surface area (Å²) in [6.07, 6.45) is 0.0112. The van der Waals surface area contributed by atoms with E-state index in [1.165, 1.54) is 0 Å². The van der Waals surface area contributed by atoms with Gasteiger partial charge in [-0.25, -0.2) is 9.59 Å². The maximum atomic E-state index is 12.3. The van der Waals surface area contributed by atoms with E-state index in [4.69, 9.17) is 14.2 Å². The molecule has 25 heavy (non-hydrogen) atoms. The van der Waals surface area contributed by atoms with Crippen LogP contribution in [-0.4, -0.2) is 35.9 Å². The van der Waals surface area contributed by atoms with E-state index in [0.717, 1.165) is 5.56 Å². The van der Waals surface area contributed by atoms with Crippen LogP contribution in [0.4, 0.5) is 4.79 Å². The summed E-state index contributed by atoms with van der Waals surface area (Å²) in [4.78, 5) is 24.4. The second-order valence-corrected chi connectivity index (χ2v) is 7.26. The van der Waals surface area contributed by atoms with Crippen molar-refractivity contribution < 1.29 is 23.8 Å². The Morgan fingerprint density at radius 3 is 2.40 bits per heavy atom. The second kappa shape index (κ2) is 7.87. The zero-order valence-electron chi connectivity index (χ0n) is 15.3. The summed E-state index contributed by atoms with van der Waals surface area (Å²) < 4.78 is 16.2. The van der Waals surface area contributed by atoms with Crippen LogP contribution in [0, 0.1) is 0 Å². The standard InChI is InChI=1S/C19H27NO5/c1-5-23-16(21)19(20-17(22)25-18(2,3)4)11-15(12-19)24-13-14-9-7-6-8-10-14/h6-10,15H,5,11-13H2,1-4H3,(H,20,22)/t15-,19+. The Balaban J connectivity index is 1.93. The number of hydrogen-bond donors (Lipinski definition) is 1. The maximum Gasteiger partial charge on any atom is 0.408 e. The number of hydrogen-bond acceptors (Lipinski definition) is 5. The molecule has 0 aliphatic heterocycles. The summed E-state index contributed by atoms with van der Waals surface area (Å²) in [5, 5.41) is 2.68. The van der Waals surface area contributed by atoms with Crippen molar-refractivity contribution in [2.45, 2.75) is 64.4 Å². The van der Waals surface area contributed by atoms with Crippen molar-refractivity contribution >= 4 is 12.1 Å². The fraction of sp³-hybridized carbons (Fsp3) is 0.579. The highest BCUT2D eigenvalue weighted by molar-refractivity contribution is 5.87. The zero-order chi connectivity index (χ0) is 18.5. The van der Waals surface area contributed by atoms with E-state index in [1.807, 2.05) is 30.3 Å². The predicted molar refractivity (Wildman–Crippen MR) is 93.0 cm³/mol. The van der Waals surface area contributed by atoms with Crippen LogP contribution in [0.15, 0.2) is 30.3 Å². The fourth-order valence-corrected chi connectivity index (χ4v) is 2.71. The molecule has 1 aromatic carbocycles. The number of rotatable bonds is 6. The van der Waals surface area contributed by atoms with E-state index < -0.39 is 23.2 Å². The van der Waals surface area contributed by atoms with Crippen molar-refractivity contribution in [1.29, 1.82) is 0 Å². The molecule has 138 valence electrons. The summed E-state index contributed by atoms with van der Waals surface area (Å²) in [6.45, 7) is 7.78. The van der Waals surface area contributed by atoms with Gasteiger partial charge in [0.1, 0.15) is 11.1 Å². The van der Waals surface area contributed by atoms with Gasteiger partial charge < -0.3 is 19.5 Å². The number of benzene rings is 1. The normalized spacial score (nSPS) is 22.6. The quantitative estimate of drug-likeness (QED) is 0.799. The topological polar surface area (TPSA) is 73.9 Å². The van der Waals surface area contributed by atoms with Gasteiger partial charge >= 0.3 is 12.1 Å². The molecule has 6 nitrogen and oxygen atoms in total. The minimum atomic E-state index is -1.07. The van der Waals surface area contributed by atoms with Crippen LogP contribution >= 0.6 is 0 Å². The number of carbonyl (C=O) groups excluding carboxylic acids is 2. The largest absolute Gasteiger partial charge is 0.464 e. The molecule has 0 atom stereocenters. The van der Waals surface area contributed by atoms with Crippen molar-refractivity contribution in [3.05, 3.63) is 35.9 Å². The molecule has 1 N–H and O–H groups in total. The van der Waals surface area contributed by atoms with Crippen LogP contribution in [0.2, 0.25) is 0 Å². The Morgan fingerprint density at radius 2 is 1.84 bits per heavy atom. The van der Waals surface area contributed by atoms with Gasteiger partial charge in [0.25, 0.3) is 0 Å².